The number of aryl methyl sites for hydroxylation is 1. The highest BCUT2D eigenvalue weighted by atomic mass is 16.5. The highest BCUT2D eigenvalue weighted by molar-refractivity contribution is 6.02. The van der Waals surface area contributed by atoms with Gasteiger partial charge in [-0.15, -0.1) is 0 Å². The van der Waals surface area contributed by atoms with Crippen molar-refractivity contribution in [2.75, 3.05) is 5.32 Å². The predicted molar refractivity (Wildman–Crippen MR) is 131 cm³/mol. The lowest BCUT2D eigenvalue weighted by atomic mass is 10.1. The van der Waals surface area contributed by atoms with Gasteiger partial charge in [-0.1, -0.05) is 29.8 Å². The van der Waals surface area contributed by atoms with E-state index in [0.717, 1.165) is 5.56 Å². The Kier molecular flexibility index (Phi) is 7.13. The number of para-hydroxylation sites is 1. The molecule has 1 aromatic heterocycles. The molecule has 0 aliphatic carbocycles. The number of hydrogen-bond acceptors (Lipinski definition) is 6. The maximum absolute atomic E-state index is 12.5. The van der Waals surface area contributed by atoms with Crippen molar-refractivity contribution >= 4 is 29.7 Å². The van der Waals surface area contributed by atoms with Crippen LogP contribution in [0, 0.1) is 6.92 Å². The van der Waals surface area contributed by atoms with E-state index in [1.165, 1.54) is 12.5 Å². The SMILES string of the molecule is Cc1cccc(C(=O)Oc2ccccc2/C=N\NC(=O)c2ccc(NC(=O)c3ccco3)cc2)c1. The van der Waals surface area contributed by atoms with Crippen molar-refractivity contribution in [1.82, 2.24) is 5.43 Å². The Bertz CT molecular complexity index is 1380. The van der Waals surface area contributed by atoms with Crippen LogP contribution in [-0.4, -0.2) is 24.0 Å². The highest BCUT2D eigenvalue weighted by Gasteiger charge is 2.12. The van der Waals surface area contributed by atoms with Crippen molar-refractivity contribution in [2.45, 2.75) is 6.92 Å². The Labute approximate surface area is 201 Å². The number of anilines is 1. The summed E-state index contributed by atoms with van der Waals surface area (Å²) in [7, 11) is 0. The number of carbonyl (C=O) groups is 3. The summed E-state index contributed by atoms with van der Waals surface area (Å²) in [6.45, 7) is 1.89. The van der Waals surface area contributed by atoms with Crippen LogP contribution in [0.5, 0.6) is 5.75 Å². The minimum atomic E-state index is -0.488. The maximum atomic E-state index is 12.5. The molecule has 3 aromatic carbocycles. The largest absolute Gasteiger partial charge is 0.459 e. The van der Waals surface area contributed by atoms with Gasteiger partial charge in [0.15, 0.2) is 5.76 Å². The Balaban J connectivity index is 1.36. The molecule has 8 heteroatoms. The molecule has 4 aromatic rings. The second-order valence-electron chi connectivity index (χ2n) is 7.50. The first kappa shape index (κ1) is 23.2. The van der Waals surface area contributed by atoms with Gasteiger partial charge in [-0.05, 0) is 67.6 Å². The molecule has 4 rings (SSSR count). The third-order valence-electron chi connectivity index (χ3n) is 4.90. The smallest absolute Gasteiger partial charge is 0.343 e. The molecule has 174 valence electrons. The number of hydrazone groups is 1. The fourth-order valence-corrected chi connectivity index (χ4v) is 3.14. The lowest BCUT2D eigenvalue weighted by Crippen LogP contribution is -2.18. The van der Waals surface area contributed by atoms with Crippen molar-refractivity contribution in [3.63, 3.8) is 0 Å². The monoisotopic (exact) mass is 467 g/mol. The van der Waals surface area contributed by atoms with E-state index in [1.54, 1.807) is 78.9 Å². The van der Waals surface area contributed by atoms with Crippen molar-refractivity contribution in [1.29, 1.82) is 0 Å². The van der Waals surface area contributed by atoms with Gasteiger partial charge in [-0.2, -0.15) is 5.10 Å². The molecule has 8 nitrogen and oxygen atoms in total. The quantitative estimate of drug-likeness (QED) is 0.175. The third kappa shape index (κ3) is 6.08. The van der Waals surface area contributed by atoms with Gasteiger partial charge in [-0.25, -0.2) is 10.2 Å². The number of ether oxygens (including phenoxy) is 1. The van der Waals surface area contributed by atoms with Crippen molar-refractivity contribution in [3.05, 3.63) is 119 Å². The second kappa shape index (κ2) is 10.8. The first-order valence-electron chi connectivity index (χ1n) is 10.7. The first-order chi connectivity index (χ1) is 17.0. The van der Waals surface area contributed by atoms with Gasteiger partial charge in [0.05, 0.1) is 18.0 Å². The summed E-state index contributed by atoms with van der Waals surface area (Å²) in [4.78, 5) is 36.9. The zero-order valence-corrected chi connectivity index (χ0v) is 18.7. The maximum Gasteiger partial charge on any atom is 0.343 e. The number of esters is 1. The van der Waals surface area contributed by atoms with E-state index in [-0.39, 0.29) is 5.76 Å². The van der Waals surface area contributed by atoms with Gasteiger partial charge in [0.2, 0.25) is 0 Å². The fraction of sp³-hybridized carbons (Fsp3) is 0.0370. The average molecular weight is 467 g/mol. The van der Waals surface area contributed by atoms with E-state index in [9.17, 15) is 14.4 Å². The summed E-state index contributed by atoms with van der Waals surface area (Å²) < 4.78 is 10.6. The molecule has 0 saturated heterocycles. The summed E-state index contributed by atoms with van der Waals surface area (Å²) in [5, 5.41) is 6.66. The first-order valence-corrected chi connectivity index (χ1v) is 10.7. The summed E-state index contributed by atoms with van der Waals surface area (Å²) >= 11 is 0. The lowest BCUT2D eigenvalue weighted by molar-refractivity contribution is 0.0733. The van der Waals surface area contributed by atoms with E-state index >= 15 is 0 Å². The van der Waals surface area contributed by atoms with Crippen LogP contribution in [0.1, 0.15) is 42.4 Å². The predicted octanol–water partition coefficient (Wildman–Crippen LogP) is 4.82. The number of amides is 2. The van der Waals surface area contributed by atoms with E-state index < -0.39 is 17.8 Å². The van der Waals surface area contributed by atoms with Crippen molar-refractivity contribution < 1.29 is 23.5 Å². The lowest BCUT2D eigenvalue weighted by Gasteiger charge is -2.08. The number of rotatable bonds is 7. The zero-order chi connectivity index (χ0) is 24.6. The Morgan fingerprint density at radius 1 is 0.857 bits per heavy atom. The van der Waals surface area contributed by atoms with Gasteiger partial charge in [0.25, 0.3) is 11.8 Å². The molecule has 0 aliphatic heterocycles. The molecule has 0 atom stereocenters. The topological polar surface area (TPSA) is 110 Å². The molecule has 0 radical (unpaired) electrons. The van der Waals surface area contributed by atoms with Crippen LogP contribution in [0.25, 0.3) is 0 Å². The molecule has 1 heterocycles. The minimum absolute atomic E-state index is 0.186. The molecule has 2 amide bonds. The van der Waals surface area contributed by atoms with Crippen LogP contribution in [-0.2, 0) is 0 Å². The van der Waals surface area contributed by atoms with Crippen molar-refractivity contribution in [2.24, 2.45) is 5.10 Å². The molecule has 0 fully saturated rings. The molecule has 0 unspecified atom stereocenters. The third-order valence-corrected chi connectivity index (χ3v) is 4.90. The summed E-state index contributed by atoms with van der Waals surface area (Å²) in [5.74, 6) is -0.824. The number of nitrogens with one attached hydrogen (secondary N) is 2. The number of carbonyl (C=O) groups excluding carboxylic acids is 3. The standard InChI is InChI=1S/C27H21N3O5/c1-18-6-4-8-20(16-18)27(33)35-23-9-3-2-7-21(23)17-28-30-25(31)19-11-13-22(14-12-19)29-26(32)24-10-5-15-34-24/h2-17H,1H3,(H,29,32)(H,30,31)/b28-17-. The molecule has 35 heavy (non-hydrogen) atoms. The van der Waals surface area contributed by atoms with Crippen LogP contribution in [0.3, 0.4) is 0 Å². The summed E-state index contributed by atoms with van der Waals surface area (Å²) in [6, 6.07) is 23.4. The molecule has 0 saturated carbocycles. The van der Waals surface area contributed by atoms with Crippen LogP contribution < -0.4 is 15.5 Å². The van der Waals surface area contributed by atoms with E-state index in [1.807, 2.05) is 13.0 Å². The number of nitrogens with zero attached hydrogens (tertiary/aromatic N) is 1. The number of benzene rings is 3. The molecular weight excluding hydrogens is 446 g/mol. The normalized spacial score (nSPS) is 10.7. The van der Waals surface area contributed by atoms with Crippen LogP contribution in [0.2, 0.25) is 0 Å². The van der Waals surface area contributed by atoms with Crippen molar-refractivity contribution in [3.8, 4) is 5.75 Å². The molecular formula is C27H21N3O5. The van der Waals surface area contributed by atoms with Crippen LogP contribution in [0.15, 0.2) is 101 Å². The van der Waals surface area contributed by atoms with Gasteiger partial charge < -0.3 is 14.5 Å². The van der Waals surface area contributed by atoms with Gasteiger partial charge >= 0.3 is 5.97 Å². The van der Waals surface area contributed by atoms with Crippen LogP contribution >= 0.6 is 0 Å². The second-order valence-corrected chi connectivity index (χ2v) is 7.50. The summed E-state index contributed by atoms with van der Waals surface area (Å²) in [6.07, 6.45) is 2.81. The van der Waals surface area contributed by atoms with Gasteiger partial charge in [-0.3, -0.25) is 9.59 Å². The van der Waals surface area contributed by atoms with E-state index in [4.69, 9.17) is 9.15 Å². The molecule has 0 aliphatic rings. The summed E-state index contributed by atoms with van der Waals surface area (Å²) in [5.41, 5.74) is 5.20. The molecule has 0 spiro atoms. The van der Waals surface area contributed by atoms with Gasteiger partial charge in [0.1, 0.15) is 5.75 Å². The Hall–Kier alpha value is -4.98. The minimum Gasteiger partial charge on any atom is -0.459 e. The number of furan rings is 1. The average Bonchev–Trinajstić information content (AvgIpc) is 3.41. The highest BCUT2D eigenvalue weighted by Crippen LogP contribution is 2.18. The molecule has 2 N–H and O–H groups in total. The van der Waals surface area contributed by atoms with Crippen LogP contribution in [0.4, 0.5) is 5.69 Å². The van der Waals surface area contributed by atoms with E-state index in [0.29, 0.717) is 28.1 Å². The Morgan fingerprint density at radius 2 is 1.66 bits per heavy atom. The molecule has 0 bridgehead atoms. The Morgan fingerprint density at radius 3 is 2.40 bits per heavy atom. The fourth-order valence-electron chi connectivity index (χ4n) is 3.14. The van der Waals surface area contributed by atoms with E-state index in [2.05, 4.69) is 15.8 Å². The zero-order valence-electron chi connectivity index (χ0n) is 18.7. The van der Waals surface area contributed by atoms with Gasteiger partial charge in [0, 0.05) is 16.8 Å². The number of hydrogen-bond donors (Lipinski definition) is 2.